The number of carbonyl (C=O) groups is 2. The Morgan fingerprint density at radius 2 is 1.92 bits per heavy atom. The number of alkyl carbamates (subject to hydrolysis) is 1. The number of amides is 1. The second-order valence-electron chi connectivity index (χ2n) is 5.35. The van der Waals surface area contributed by atoms with Crippen molar-refractivity contribution in [2.24, 2.45) is 0 Å². The van der Waals surface area contributed by atoms with Gasteiger partial charge in [0.1, 0.15) is 25.1 Å². The molecule has 2 atom stereocenters. The van der Waals surface area contributed by atoms with Crippen molar-refractivity contribution < 1.29 is 24.5 Å². The molecule has 0 saturated heterocycles. The zero-order valence-electron chi connectivity index (χ0n) is 13.3. The Balaban J connectivity index is 1.87. The maximum absolute atomic E-state index is 11.7. The van der Waals surface area contributed by atoms with Gasteiger partial charge in [0.25, 0.3) is 0 Å². The molecule has 0 aliphatic carbocycles. The third-order valence-corrected chi connectivity index (χ3v) is 3.76. The van der Waals surface area contributed by atoms with E-state index in [4.69, 9.17) is 16.3 Å². The number of halogens is 1. The topological polar surface area (TPSA) is 95.9 Å². The number of aldehydes is 1. The molecule has 7 heteroatoms. The average molecular weight is 364 g/mol. The molecular formula is C18H18ClNO5. The van der Waals surface area contributed by atoms with Crippen molar-refractivity contribution in [2.75, 3.05) is 6.54 Å². The van der Waals surface area contributed by atoms with Crippen LogP contribution >= 0.6 is 11.6 Å². The number of rotatable bonds is 7. The number of aliphatic hydroxyl groups is 2. The van der Waals surface area contributed by atoms with Gasteiger partial charge in [-0.25, -0.2) is 4.79 Å². The predicted molar refractivity (Wildman–Crippen MR) is 92.4 cm³/mol. The molecule has 0 aliphatic heterocycles. The first-order valence-electron chi connectivity index (χ1n) is 7.56. The van der Waals surface area contributed by atoms with E-state index in [0.717, 1.165) is 5.56 Å². The first-order chi connectivity index (χ1) is 12.0. The second-order valence-corrected chi connectivity index (χ2v) is 5.78. The summed E-state index contributed by atoms with van der Waals surface area (Å²) in [5.74, 6) is 0. The molecule has 2 aromatic rings. The Morgan fingerprint density at radius 3 is 2.60 bits per heavy atom. The quantitative estimate of drug-likeness (QED) is 0.657. The first kappa shape index (κ1) is 18.9. The van der Waals surface area contributed by atoms with Crippen molar-refractivity contribution in [2.45, 2.75) is 18.8 Å². The molecule has 132 valence electrons. The molecule has 0 saturated carbocycles. The van der Waals surface area contributed by atoms with E-state index in [1.54, 1.807) is 0 Å². The minimum Gasteiger partial charge on any atom is -0.445 e. The number of ether oxygens (including phenoxy) is 1. The van der Waals surface area contributed by atoms with Gasteiger partial charge in [0.05, 0.1) is 0 Å². The molecule has 2 unspecified atom stereocenters. The SMILES string of the molecule is O=Cc1ccc(Cl)cc1C(O)C(O)CNC(=O)OCc1ccccc1. The molecule has 3 N–H and O–H groups in total. The largest absolute Gasteiger partial charge is 0.445 e. The van der Waals surface area contributed by atoms with Crippen molar-refractivity contribution in [1.82, 2.24) is 5.32 Å². The number of carbonyl (C=O) groups excluding carboxylic acids is 2. The standard InChI is InChI=1S/C18H18ClNO5/c19-14-7-6-13(10-21)15(8-14)17(23)16(22)9-20-18(24)25-11-12-4-2-1-3-5-12/h1-8,10,16-17,22-23H,9,11H2,(H,20,24). The lowest BCUT2D eigenvalue weighted by atomic mass is 9.99. The number of hydrogen-bond acceptors (Lipinski definition) is 5. The van der Waals surface area contributed by atoms with E-state index in [-0.39, 0.29) is 24.3 Å². The van der Waals surface area contributed by atoms with E-state index in [9.17, 15) is 19.8 Å². The van der Waals surface area contributed by atoms with Gasteiger partial charge in [-0.05, 0) is 29.3 Å². The van der Waals surface area contributed by atoms with E-state index in [1.165, 1.54) is 18.2 Å². The van der Waals surface area contributed by atoms with E-state index in [0.29, 0.717) is 11.3 Å². The second kappa shape index (κ2) is 9.17. The highest BCUT2D eigenvalue weighted by Gasteiger charge is 2.22. The number of aliphatic hydroxyl groups excluding tert-OH is 2. The Hall–Kier alpha value is -2.41. The lowest BCUT2D eigenvalue weighted by Gasteiger charge is -2.20. The molecule has 6 nitrogen and oxygen atoms in total. The van der Waals surface area contributed by atoms with E-state index >= 15 is 0 Å². The molecule has 0 bridgehead atoms. The normalized spacial score (nSPS) is 12.9. The summed E-state index contributed by atoms with van der Waals surface area (Å²) in [7, 11) is 0. The van der Waals surface area contributed by atoms with Crippen LogP contribution in [0.2, 0.25) is 5.02 Å². The van der Waals surface area contributed by atoms with E-state index < -0.39 is 18.3 Å². The van der Waals surface area contributed by atoms with Crippen molar-refractivity contribution in [3.63, 3.8) is 0 Å². The Bertz CT molecular complexity index is 723. The Kier molecular flexibility index (Phi) is 6.94. The van der Waals surface area contributed by atoms with E-state index in [2.05, 4.69) is 5.32 Å². The number of hydrogen-bond donors (Lipinski definition) is 3. The minimum atomic E-state index is -1.38. The summed E-state index contributed by atoms with van der Waals surface area (Å²) >= 11 is 5.85. The lowest BCUT2D eigenvalue weighted by Crippen LogP contribution is -2.36. The highest BCUT2D eigenvalue weighted by atomic mass is 35.5. The lowest BCUT2D eigenvalue weighted by molar-refractivity contribution is 0.0180. The first-order valence-corrected chi connectivity index (χ1v) is 7.94. The molecule has 0 aromatic heterocycles. The van der Waals surface area contributed by atoms with Crippen molar-refractivity contribution in [3.05, 3.63) is 70.2 Å². The fourth-order valence-corrected chi connectivity index (χ4v) is 2.37. The minimum absolute atomic E-state index is 0.0922. The molecule has 0 spiro atoms. The predicted octanol–water partition coefficient (Wildman–Crippen LogP) is 2.47. The third-order valence-electron chi connectivity index (χ3n) is 3.53. The highest BCUT2D eigenvalue weighted by molar-refractivity contribution is 6.30. The summed E-state index contributed by atoms with van der Waals surface area (Å²) in [5.41, 5.74) is 1.23. The molecule has 2 aromatic carbocycles. The van der Waals surface area contributed by atoms with Crippen LogP contribution in [0, 0.1) is 0 Å². The molecule has 2 rings (SSSR count). The van der Waals surface area contributed by atoms with Gasteiger partial charge in [0, 0.05) is 17.1 Å². The smallest absolute Gasteiger partial charge is 0.407 e. The van der Waals surface area contributed by atoms with Gasteiger partial charge in [-0.3, -0.25) is 4.79 Å². The van der Waals surface area contributed by atoms with Crippen molar-refractivity contribution in [1.29, 1.82) is 0 Å². The van der Waals surface area contributed by atoms with Gasteiger partial charge < -0.3 is 20.3 Å². The van der Waals surface area contributed by atoms with Crippen LogP contribution in [0.1, 0.15) is 27.6 Å². The van der Waals surface area contributed by atoms with Gasteiger partial charge in [-0.2, -0.15) is 0 Å². The fourth-order valence-electron chi connectivity index (χ4n) is 2.19. The summed E-state index contributed by atoms with van der Waals surface area (Å²) in [5, 5.41) is 22.9. The van der Waals surface area contributed by atoms with Gasteiger partial charge in [0.15, 0.2) is 0 Å². The van der Waals surface area contributed by atoms with Gasteiger partial charge >= 0.3 is 6.09 Å². The third kappa shape index (κ3) is 5.56. The van der Waals surface area contributed by atoms with Gasteiger partial charge in [0.2, 0.25) is 0 Å². The van der Waals surface area contributed by atoms with Crippen LogP contribution in [0.3, 0.4) is 0 Å². The molecule has 0 radical (unpaired) electrons. The summed E-state index contributed by atoms with van der Waals surface area (Å²) in [4.78, 5) is 22.7. The fraction of sp³-hybridized carbons (Fsp3) is 0.222. The van der Waals surface area contributed by atoms with Gasteiger partial charge in [-0.1, -0.05) is 41.9 Å². The van der Waals surface area contributed by atoms with Crippen LogP contribution < -0.4 is 5.32 Å². The Morgan fingerprint density at radius 1 is 1.20 bits per heavy atom. The Labute approximate surface area is 150 Å². The maximum atomic E-state index is 11.7. The van der Waals surface area contributed by atoms with Crippen LogP contribution in [0.15, 0.2) is 48.5 Å². The summed E-state index contributed by atoms with van der Waals surface area (Å²) in [6.07, 6.45) is -2.88. The van der Waals surface area contributed by atoms with Crippen molar-refractivity contribution >= 4 is 24.0 Å². The number of nitrogens with one attached hydrogen (secondary N) is 1. The zero-order valence-corrected chi connectivity index (χ0v) is 14.0. The zero-order chi connectivity index (χ0) is 18.2. The number of benzene rings is 2. The van der Waals surface area contributed by atoms with Crippen LogP contribution in [-0.2, 0) is 11.3 Å². The van der Waals surface area contributed by atoms with Crippen LogP contribution in [0.25, 0.3) is 0 Å². The van der Waals surface area contributed by atoms with Crippen LogP contribution in [0.4, 0.5) is 4.79 Å². The molecule has 0 heterocycles. The molecule has 1 amide bonds. The highest BCUT2D eigenvalue weighted by Crippen LogP contribution is 2.23. The van der Waals surface area contributed by atoms with Crippen molar-refractivity contribution in [3.8, 4) is 0 Å². The molecule has 25 heavy (non-hydrogen) atoms. The summed E-state index contributed by atoms with van der Waals surface area (Å²) in [6, 6.07) is 13.5. The van der Waals surface area contributed by atoms with E-state index in [1.807, 2.05) is 30.3 Å². The maximum Gasteiger partial charge on any atom is 0.407 e. The van der Waals surface area contributed by atoms with Gasteiger partial charge in [-0.15, -0.1) is 0 Å². The van der Waals surface area contributed by atoms with Crippen LogP contribution in [0.5, 0.6) is 0 Å². The molecular weight excluding hydrogens is 346 g/mol. The average Bonchev–Trinajstić information content (AvgIpc) is 2.64. The monoisotopic (exact) mass is 363 g/mol. The summed E-state index contributed by atoms with van der Waals surface area (Å²) in [6.45, 7) is -0.158. The molecule has 0 fully saturated rings. The van der Waals surface area contributed by atoms with Crippen LogP contribution in [-0.4, -0.2) is 35.2 Å². The summed E-state index contributed by atoms with van der Waals surface area (Å²) < 4.78 is 5.01. The molecule has 0 aliphatic rings.